The van der Waals surface area contributed by atoms with E-state index in [1.165, 1.54) is 25.3 Å². The van der Waals surface area contributed by atoms with Crippen LogP contribution in [0.3, 0.4) is 0 Å². The molecule has 0 bridgehead atoms. The molecule has 0 amide bonds. The quantitative estimate of drug-likeness (QED) is 0.354. The number of benzene rings is 2. The molecule has 0 saturated heterocycles. The zero-order valence-corrected chi connectivity index (χ0v) is 15.8. The Morgan fingerprint density at radius 2 is 2.00 bits per heavy atom. The zero-order valence-electron chi connectivity index (χ0n) is 15.8. The maximum atomic E-state index is 12.1. The molecule has 3 aromatic rings. The van der Waals surface area contributed by atoms with Crippen LogP contribution in [-0.2, 0) is 22.6 Å². The maximum absolute atomic E-state index is 12.1. The number of aromatic hydroxyl groups is 1. The number of rotatable bonds is 8. The Hall–Kier alpha value is -3.74. The number of hydrogen-bond donors (Lipinski definition) is 1. The molecule has 0 radical (unpaired) electrons. The Bertz CT molecular complexity index is 1100. The molecular formula is C22H20O7. The van der Waals surface area contributed by atoms with Crippen molar-refractivity contribution in [2.75, 3.05) is 13.7 Å². The van der Waals surface area contributed by atoms with Crippen LogP contribution in [0.1, 0.15) is 11.1 Å². The minimum absolute atomic E-state index is 0.0312. The highest BCUT2D eigenvalue weighted by atomic mass is 16.6. The van der Waals surface area contributed by atoms with Crippen molar-refractivity contribution in [1.82, 2.24) is 0 Å². The molecule has 0 saturated carbocycles. The third kappa shape index (κ3) is 4.95. The van der Waals surface area contributed by atoms with E-state index in [9.17, 15) is 14.7 Å². The molecule has 29 heavy (non-hydrogen) atoms. The smallest absolute Gasteiger partial charge is 0.344 e. The van der Waals surface area contributed by atoms with Crippen molar-refractivity contribution in [2.24, 2.45) is 0 Å². The Balaban J connectivity index is 1.64. The summed E-state index contributed by atoms with van der Waals surface area (Å²) in [4.78, 5) is 23.8. The van der Waals surface area contributed by atoms with Crippen molar-refractivity contribution in [3.8, 4) is 17.2 Å². The predicted octanol–water partition coefficient (Wildman–Crippen LogP) is 3.36. The van der Waals surface area contributed by atoms with Crippen molar-refractivity contribution in [3.63, 3.8) is 0 Å². The molecule has 1 N–H and O–H groups in total. The summed E-state index contributed by atoms with van der Waals surface area (Å²) in [6, 6.07) is 11.0. The van der Waals surface area contributed by atoms with E-state index >= 15 is 0 Å². The summed E-state index contributed by atoms with van der Waals surface area (Å²) in [5.41, 5.74) is 1.09. The van der Waals surface area contributed by atoms with Crippen LogP contribution < -0.4 is 15.1 Å². The van der Waals surface area contributed by atoms with Crippen molar-refractivity contribution in [3.05, 3.63) is 76.7 Å². The summed E-state index contributed by atoms with van der Waals surface area (Å²) in [6.07, 6.45) is 2.47. The van der Waals surface area contributed by atoms with Crippen LogP contribution in [0.25, 0.3) is 11.0 Å². The first-order chi connectivity index (χ1) is 14.0. The van der Waals surface area contributed by atoms with E-state index in [2.05, 4.69) is 6.58 Å². The van der Waals surface area contributed by atoms with E-state index in [1.54, 1.807) is 18.2 Å². The number of esters is 1. The normalized spacial score (nSPS) is 10.5. The molecule has 0 unspecified atom stereocenters. The van der Waals surface area contributed by atoms with Gasteiger partial charge in [-0.15, -0.1) is 6.58 Å². The third-order valence-electron chi connectivity index (χ3n) is 4.16. The summed E-state index contributed by atoms with van der Waals surface area (Å²) >= 11 is 0. The summed E-state index contributed by atoms with van der Waals surface area (Å²) in [5, 5.41) is 10.1. The summed E-state index contributed by atoms with van der Waals surface area (Å²) in [6.45, 7) is 3.24. The lowest BCUT2D eigenvalue weighted by Crippen LogP contribution is -2.15. The zero-order chi connectivity index (χ0) is 20.8. The highest BCUT2D eigenvalue weighted by molar-refractivity contribution is 5.81. The maximum Gasteiger partial charge on any atom is 0.344 e. The van der Waals surface area contributed by atoms with E-state index in [4.69, 9.17) is 18.6 Å². The second-order valence-electron chi connectivity index (χ2n) is 6.20. The van der Waals surface area contributed by atoms with Crippen molar-refractivity contribution in [1.29, 1.82) is 0 Å². The second kappa shape index (κ2) is 8.97. The monoisotopic (exact) mass is 396 g/mol. The molecule has 1 heterocycles. The van der Waals surface area contributed by atoms with Gasteiger partial charge in [0.1, 0.15) is 17.9 Å². The van der Waals surface area contributed by atoms with Gasteiger partial charge in [0.2, 0.25) is 0 Å². The predicted molar refractivity (Wildman–Crippen MR) is 106 cm³/mol. The van der Waals surface area contributed by atoms with E-state index in [0.29, 0.717) is 28.9 Å². The summed E-state index contributed by atoms with van der Waals surface area (Å²) in [7, 11) is 1.52. The lowest BCUT2D eigenvalue weighted by molar-refractivity contribution is -0.147. The number of phenolic OH excluding ortho intramolecular Hbond substituents is 1. The van der Waals surface area contributed by atoms with E-state index in [-0.39, 0.29) is 24.5 Å². The number of allylic oxidation sites excluding steroid dienone is 1. The fourth-order valence-electron chi connectivity index (χ4n) is 2.80. The van der Waals surface area contributed by atoms with Gasteiger partial charge in [-0.25, -0.2) is 9.59 Å². The fraction of sp³-hybridized carbons (Fsp3) is 0.182. The molecule has 150 valence electrons. The third-order valence-corrected chi connectivity index (χ3v) is 4.16. The molecule has 1 aromatic heterocycles. The Morgan fingerprint density at radius 3 is 2.76 bits per heavy atom. The highest BCUT2D eigenvalue weighted by Gasteiger charge is 2.12. The van der Waals surface area contributed by atoms with Crippen molar-refractivity contribution < 1.29 is 28.5 Å². The minimum atomic E-state index is -0.609. The van der Waals surface area contributed by atoms with Crippen LogP contribution in [-0.4, -0.2) is 24.8 Å². The van der Waals surface area contributed by atoms with Gasteiger partial charge in [0.15, 0.2) is 18.1 Å². The van der Waals surface area contributed by atoms with Crippen LogP contribution in [0.2, 0.25) is 0 Å². The van der Waals surface area contributed by atoms with Crippen LogP contribution >= 0.6 is 0 Å². The molecule has 0 aliphatic carbocycles. The topological polar surface area (TPSA) is 95.2 Å². The molecule has 2 aromatic carbocycles. The largest absolute Gasteiger partial charge is 0.508 e. The summed E-state index contributed by atoms with van der Waals surface area (Å²) < 4.78 is 21.1. The van der Waals surface area contributed by atoms with Crippen molar-refractivity contribution in [2.45, 2.75) is 13.0 Å². The average molecular weight is 396 g/mol. The van der Waals surface area contributed by atoms with Crippen LogP contribution in [0.4, 0.5) is 0 Å². The lowest BCUT2D eigenvalue weighted by atomic mass is 10.1. The molecule has 0 fully saturated rings. The second-order valence-corrected chi connectivity index (χ2v) is 6.20. The van der Waals surface area contributed by atoms with Gasteiger partial charge in [0, 0.05) is 23.1 Å². The average Bonchev–Trinajstić information content (AvgIpc) is 2.70. The molecular weight excluding hydrogens is 376 g/mol. The molecule has 7 nitrogen and oxygen atoms in total. The van der Waals surface area contributed by atoms with Crippen LogP contribution in [0.15, 0.2) is 64.3 Å². The Morgan fingerprint density at radius 1 is 1.17 bits per heavy atom. The number of ether oxygens (including phenoxy) is 3. The number of carbonyl (C=O) groups is 1. The molecule has 0 aliphatic rings. The van der Waals surface area contributed by atoms with Crippen LogP contribution in [0.5, 0.6) is 17.2 Å². The fourth-order valence-corrected chi connectivity index (χ4v) is 2.80. The minimum Gasteiger partial charge on any atom is -0.508 e. The van der Waals surface area contributed by atoms with E-state index in [0.717, 1.165) is 5.56 Å². The molecule has 0 atom stereocenters. The van der Waals surface area contributed by atoms with Gasteiger partial charge < -0.3 is 23.7 Å². The number of methoxy groups -OCH3 is 1. The SMILES string of the molecule is C=CCc1ccc(OCC(=O)OCc2cc(=O)oc3cc(O)ccc23)c(OC)c1. The van der Waals surface area contributed by atoms with Crippen molar-refractivity contribution >= 4 is 16.9 Å². The number of hydrogen-bond acceptors (Lipinski definition) is 7. The molecule has 7 heteroatoms. The van der Waals surface area contributed by atoms with Gasteiger partial charge in [0.05, 0.1) is 7.11 Å². The molecule has 3 rings (SSSR count). The van der Waals surface area contributed by atoms with Gasteiger partial charge in [-0.2, -0.15) is 0 Å². The van der Waals surface area contributed by atoms with Gasteiger partial charge in [-0.1, -0.05) is 12.1 Å². The van der Waals surface area contributed by atoms with E-state index in [1.807, 2.05) is 12.1 Å². The van der Waals surface area contributed by atoms with Gasteiger partial charge in [0.25, 0.3) is 0 Å². The molecule has 0 aliphatic heterocycles. The number of fused-ring (bicyclic) bond motifs is 1. The standard InChI is InChI=1S/C22H20O7/c1-3-4-14-5-8-18(20(9-14)26-2)27-13-22(25)28-12-15-10-21(24)29-19-11-16(23)6-7-17(15)19/h3,5-11,23H,1,4,12-13H2,2H3. The van der Waals surface area contributed by atoms with Gasteiger partial charge >= 0.3 is 11.6 Å². The number of carbonyl (C=O) groups excluding carboxylic acids is 1. The lowest BCUT2D eigenvalue weighted by Gasteiger charge is -2.12. The summed E-state index contributed by atoms with van der Waals surface area (Å²) in [5.74, 6) is 0.279. The van der Waals surface area contributed by atoms with Crippen LogP contribution in [0, 0.1) is 0 Å². The van der Waals surface area contributed by atoms with E-state index < -0.39 is 11.6 Å². The first kappa shape index (κ1) is 20.0. The van der Waals surface area contributed by atoms with Gasteiger partial charge in [-0.3, -0.25) is 0 Å². The van der Waals surface area contributed by atoms with Gasteiger partial charge in [-0.05, 0) is 36.2 Å². The first-order valence-electron chi connectivity index (χ1n) is 8.82. The first-order valence-corrected chi connectivity index (χ1v) is 8.82. The Kier molecular flexibility index (Phi) is 6.19. The molecule has 0 spiro atoms. The number of phenols is 1. The Labute approximate surface area is 166 Å². The highest BCUT2D eigenvalue weighted by Crippen LogP contribution is 2.28.